The minimum Gasteiger partial charge on any atom is -0.462 e. The van der Waals surface area contributed by atoms with Crippen LogP contribution in [0.1, 0.15) is 17.3 Å². The summed E-state index contributed by atoms with van der Waals surface area (Å²) in [5.41, 5.74) is 0.385. The molecule has 2 rings (SSSR count). The van der Waals surface area contributed by atoms with E-state index in [1.165, 1.54) is 30.3 Å². The molecule has 0 bridgehead atoms. The van der Waals surface area contributed by atoms with Gasteiger partial charge in [0.25, 0.3) is 0 Å². The van der Waals surface area contributed by atoms with Crippen LogP contribution in [0.25, 0.3) is 0 Å². The number of amides is 1. The average Bonchev–Trinajstić information content (AvgIpc) is 2.64. The molecule has 0 aliphatic rings. The highest BCUT2D eigenvalue weighted by molar-refractivity contribution is 7.92. The van der Waals surface area contributed by atoms with Gasteiger partial charge in [0.15, 0.2) is 0 Å². The molecular weight excluding hydrogens is 498 g/mol. The number of carbonyl (C=O) groups excluding carboxylic acids is 2. The molecule has 162 valence electrons. The summed E-state index contributed by atoms with van der Waals surface area (Å²) >= 11 is 24.1. The topological polar surface area (TPSA) is 92.8 Å². The second-order valence-electron chi connectivity index (χ2n) is 5.95. The second-order valence-corrected chi connectivity index (χ2v) is 9.49. The quantitative estimate of drug-likeness (QED) is 0.420. The minimum atomic E-state index is -3.90. The van der Waals surface area contributed by atoms with Crippen LogP contribution in [0.2, 0.25) is 20.1 Å². The number of nitrogens with zero attached hydrogens (tertiary/aromatic N) is 1. The Labute approximate surface area is 193 Å². The molecular formula is C18H16Cl4N2O5S. The van der Waals surface area contributed by atoms with Gasteiger partial charge in [0, 0.05) is 0 Å². The van der Waals surface area contributed by atoms with Crippen molar-refractivity contribution in [3.8, 4) is 0 Å². The van der Waals surface area contributed by atoms with Gasteiger partial charge in [-0.15, -0.1) is 0 Å². The highest BCUT2D eigenvalue weighted by Gasteiger charge is 2.24. The van der Waals surface area contributed by atoms with Crippen LogP contribution in [0.15, 0.2) is 30.3 Å². The van der Waals surface area contributed by atoms with Crippen molar-refractivity contribution in [2.75, 3.05) is 29.0 Å². The third-order valence-corrected chi connectivity index (χ3v) is 6.16. The van der Waals surface area contributed by atoms with E-state index in [0.29, 0.717) is 0 Å². The fourth-order valence-corrected chi connectivity index (χ4v) is 4.14. The molecule has 12 heteroatoms. The number of ether oxygens (including phenoxy) is 1. The minimum absolute atomic E-state index is 0.000512. The molecule has 30 heavy (non-hydrogen) atoms. The number of esters is 1. The maximum atomic E-state index is 12.5. The smallest absolute Gasteiger partial charge is 0.338 e. The van der Waals surface area contributed by atoms with Crippen molar-refractivity contribution in [1.29, 1.82) is 0 Å². The zero-order valence-corrected chi connectivity index (χ0v) is 19.5. The Kier molecular flexibility index (Phi) is 8.24. The standard InChI is InChI=1S/C18H16Cl4N2O5S/c1-3-29-18(26)10-4-5-15(13(21)6-10)23-17(25)9-24(30(2,27)28)16-8-12(20)11(19)7-14(16)22/h4-8H,3,9H2,1-2H3,(H,23,25). The van der Waals surface area contributed by atoms with E-state index < -0.39 is 28.4 Å². The van der Waals surface area contributed by atoms with Crippen molar-refractivity contribution >= 4 is 79.7 Å². The molecule has 0 aromatic heterocycles. The fourth-order valence-electron chi connectivity index (χ4n) is 2.36. The van der Waals surface area contributed by atoms with Gasteiger partial charge in [-0.1, -0.05) is 46.4 Å². The molecule has 0 aliphatic carbocycles. The van der Waals surface area contributed by atoms with Crippen molar-refractivity contribution in [1.82, 2.24) is 0 Å². The summed E-state index contributed by atoms with van der Waals surface area (Å²) in [6, 6.07) is 6.69. The van der Waals surface area contributed by atoms with Crippen LogP contribution >= 0.6 is 46.4 Å². The van der Waals surface area contributed by atoms with Gasteiger partial charge in [0.05, 0.1) is 49.9 Å². The van der Waals surface area contributed by atoms with Gasteiger partial charge >= 0.3 is 5.97 Å². The number of anilines is 2. The monoisotopic (exact) mass is 512 g/mol. The van der Waals surface area contributed by atoms with Crippen LogP contribution in [0.5, 0.6) is 0 Å². The van der Waals surface area contributed by atoms with Crippen LogP contribution < -0.4 is 9.62 Å². The van der Waals surface area contributed by atoms with Gasteiger partial charge < -0.3 is 10.1 Å². The first-order valence-corrected chi connectivity index (χ1v) is 11.7. The van der Waals surface area contributed by atoms with Crippen molar-refractivity contribution in [3.63, 3.8) is 0 Å². The Morgan fingerprint density at radius 2 is 1.63 bits per heavy atom. The third-order valence-electron chi connectivity index (χ3n) is 3.70. The number of rotatable bonds is 7. The van der Waals surface area contributed by atoms with Crippen molar-refractivity contribution in [2.45, 2.75) is 6.92 Å². The predicted molar refractivity (Wildman–Crippen MR) is 120 cm³/mol. The first kappa shape index (κ1) is 24.6. The molecule has 0 atom stereocenters. The van der Waals surface area contributed by atoms with E-state index in [1.807, 2.05) is 0 Å². The lowest BCUT2D eigenvalue weighted by atomic mass is 10.2. The Balaban J connectivity index is 2.26. The van der Waals surface area contributed by atoms with E-state index in [-0.39, 0.29) is 43.6 Å². The first-order valence-electron chi connectivity index (χ1n) is 8.32. The number of sulfonamides is 1. The summed E-state index contributed by atoms with van der Waals surface area (Å²) in [5, 5.41) is 2.78. The van der Waals surface area contributed by atoms with Crippen molar-refractivity contribution < 1.29 is 22.7 Å². The van der Waals surface area contributed by atoms with Gasteiger partial charge in [0.1, 0.15) is 6.54 Å². The number of hydrogen-bond donors (Lipinski definition) is 1. The molecule has 0 aliphatic heterocycles. The molecule has 2 aromatic carbocycles. The summed E-state index contributed by atoms with van der Waals surface area (Å²) in [7, 11) is -3.90. The predicted octanol–water partition coefficient (Wildman–Crippen LogP) is 4.88. The summed E-state index contributed by atoms with van der Waals surface area (Å²) in [6.07, 6.45) is 0.917. The average molecular weight is 514 g/mol. The number of carbonyl (C=O) groups is 2. The molecule has 1 N–H and O–H groups in total. The molecule has 0 fully saturated rings. The molecule has 0 heterocycles. The Bertz CT molecular complexity index is 1090. The lowest BCUT2D eigenvalue weighted by molar-refractivity contribution is -0.114. The molecule has 0 saturated carbocycles. The molecule has 7 nitrogen and oxygen atoms in total. The first-order chi connectivity index (χ1) is 13.9. The lowest BCUT2D eigenvalue weighted by Gasteiger charge is -2.23. The summed E-state index contributed by atoms with van der Waals surface area (Å²) in [5.74, 6) is -1.26. The molecule has 0 unspecified atom stereocenters. The van der Waals surface area contributed by atoms with E-state index in [9.17, 15) is 18.0 Å². The largest absolute Gasteiger partial charge is 0.462 e. The van der Waals surface area contributed by atoms with E-state index in [0.717, 1.165) is 10.6 Å². The van der Waals surface area contributed by atoms with Crippen LogP contribution in [0.4, 0.5) is 11.4 Å². The zero-order chi connectivity index (χ0) is 22.6. The second kappa shape index (κ2) is 10.1. The van der Waals surface area contributed by atoms with Gasteiger partial charge in [-0.05, 0) is 37.3 Å². The number of hydrogen-bond acceptors (Lipinski definition) is 5. The highest BCUT2D eigenvalue weighted by Crippen LogP contribution is 2.35. The molecule has 0 saturated heterocycles. The molecule has 0 radical (unpaired) electrons. The van der Waals surface area contributed by atoms with Crippen LogP contribution in [-0.4, -0.2) is 39.7 Å². The Morgan fingerprint density at radius 3 is 2.20 bits per heavy atom. The summed E-state index contributed by atoms with van der Waals surface area (Å²) in [4.78, 5) is 24.3. The molecule has 1 amide bonds. The maximum Gasteiger partial charge on any atom is 0.338 e. The van der Waals surface area contributed by atoms with Crippen LogP contribution in [-0.2, 0) is 19.6 Å². The maximum absolute atomic E-state index is 12.5. The molecule has 0 spiro atoms. The number of benzene rings is 2. The van der Waals surface area contributed by atoms with Crippen molar-refractivity contribution in [3.05, 3.63) is 56.0 Å². The summed E-state index contributed by atoms with van der Waals surface area (Å²) < 4.78 is 30.2. The van der Waals surface area contributed by atoms with Gasteiger partial charge in [-0.25, -0.2) is 13.2 Å². The van der Waals surface area contributed by atoms with E-state index >= 15 is 0 Å². The van der Waals surface area contributed by atoms with E-state index in [4.69, 9.17) is 51.1 Å². The highest BCUT2D eigenvalue weighted by atomic mass is 35.5. The summed E-state index contributed by atoms with van der Waals surface area (Å²) in [6.45, 7) is 1.27. The lowest BCUT2D eigenvalue weighted by Crippen LogP contribution is -2.37. The van der Waals surface area contributed by atoms with E-state index in [1.54, 1.807) is 6.92 Å². The van der Waals surface area contributed by atoms with Gasteiger partial charge in [-0.3, -0.25) is 9.10 Å². The SMILES string of the molecule is CCOC(=O)c1ccc(NC(=O)CN(c2cc(Cl)c(Cl)cc2Cl)S(C)(=O)=O)c(Cl)c1. The normalized spacial score (nSPS) is 11.1. The Morgan fingerprint density at radius 1 is 1.00 bits per heavy atom. The number of nitrogens with one attached hydrogen (secondary N) is 1. The van der Waals surface area contributed by atoms with Crippen LogP contribution in [0, 0.1) is 0 Å². The molecule has 2 aromatic rings. The van der Waals surface area contributed by atoms with Crippen LogP contribution in [0.3, 0.4) is 0 Å². The number of halogens is 4. The zero-order valence-electron chi connectivity index (χ0n) is 15.7. The van der Waals surface area contributed by atoms with Gasteiger partial charge in [-0.2, -0.15) is 0 Å². The van der Waals surface area contributed by atoms with Gasteiger partial charge in [0.2, 0.25) is 15.9 Å². The Hall–Kier alpha value is -1.71. The third kappa shape index (κ3) is 6.15. The fraction of sp³-hybridized carbons (Fsp3) is 0.222. The van der Waals surface area contributed by atoms with E-state index in [2.05, 4.69) is 5.32 Å². The van der Waals surface area contributed by atoms with Crippen molar-refractivity contribution in [2.24, 2.45) is 0 Å².